The number of carbonyl (C=O) groups excluding carboxylic acids is 1. The van der Waals surface area contributed by atoms with Gasteiger partial charge in [-0.15, -0.1) is 11.3 Å². The van der Waals surface area contributed by atoms with Crippen LogP contribution in [0.5, 0.6) is 0 Å². The second-order valence-electron chi connectivity index (χ2n) is 4.89. The lowest BCUT2D eigenvalue weighted by molar-refractivity contribution is -0.122. The molecular weight excluding hydrogens is 298 g/mol. The van der Waals surface area contributed by atoms with E-state index in [-0.39, 0.29) is 16.8 Å². The molecule has 0 saturated carbocycles. The van der Waals surface area contributed by atoms with E-state index >= 15 is 0 Å². The van der Waals surface area contributed by atoms with E-state index in [1.165, 1.54) is 4.88 Å². The van der Waals surface area contributed by atoms with Crippen LogP contribution in [0.1, 0.15) is 38.6 Å². The molecule has 1 heterocycles. The molecule has 1 rings (SSSR count). The summed E-state index contributed by atoms with van der Waals surface area (Å²) >= 11 is 5.13. The fourth-order valence-corrected chi connectivity index (χ4v) is 2.65. The molecule has 0 spiro atoms. The van der Waals surface area contributed by atoms with Gasteiger partial charge in [-0.25, -0.2) is 0 Å². The van der Waals surface area contributed by atoms with E-state index in [9.17, 15) is 4.79 Å². The molecule has 1 N–H and O–H groups in total. The summed E-state index contributed by atoms with van der Waals surface area (Å²) in [6.07, 6.45) is 0. The van der Waals surface area contributed by atoms with Crippen molar-refractivity contribution in [2.45, 2.75) is 38.6 Å². The Kier molecular flexibility index (Phi) is 5.67. The van der Waals surface area contributed by atoms with E-state index in [2.05, 4.69) is 41.2 Å². The monoisotopic (exact) mass is 317 g/mol. The van der Waals surface area contributed by atoms with Crippen LogP contribution in [0.15, 0.2) is 17.5 Å². The standard InChI is InChI=1S/C13H20BrNOS/c1-8(2)11(14)13(16)15-12(9(3)4)10-6-5-7-17-10/h5-9,11-12H,1-4H3,(H,15,16). The zero-order valence-electron chi connectivity index (χ0n) is 10.7. The van der Waals surface area contributed by atoms with Gasteiger partial charge in [-0.1, -0.05) is 49.7 Å². The van der Waals surface area contributed by atoms with Crippen molar-refractivity contribution in [2.75, 3.05) is 0 Å². The molecule has 0 saturated heterocycles. The molecule has 96 valence electrons. The summed E-state index contributed by atoms with van der Waals surface area (Å²) in [5, 5.41) is 5.17. The van der Waals surface area contributed by atoms with Crippen LogP contribution in [0.4, 0.5) is 0 Å². The Morgan fingerprint density at radius 3 is 2.35 bits per heavy atom. The van der Waals surface area contributed by atoms with Crippen molar-refractivity contribution in [3.8, 4) is 0 Å². The number of alkyl halides is 1. The summed E-state index contributed by atoms with van der Waals surface area (Å²) in [4.78, 5) is 13.1. The van der Waals surface area contributed by atoms with Crippen LogP contribution in [0.3, 0.4) is 0 Å². The summed E-state index contributed by atoms with van der Waals surface area (Å²) in [7, 11) is 0. The molecule has 1 amide bonds. The van der Waals surface area contributed by atoms with E-state index < -0.39 is 0 Å². The normalized spacial score (nSPS) is 15.0. The second kappa shape index (κ2) is 6.55. The van der Waals surface area contributed by atoms with Crippen molar-refractivity contribution in [1.82, 2.24) is 5.32 Å². The van der Waals surface area contributed by atoms with Crippen molar-refractivity contribution in [2.24, 2.45) is 11.8 Å². The fourth-order valence-electron chi connectivity index (χ4n) is 1.57. The van der Waals surface area contributed by atoms with Gasteiger partial charge in [0.15, 0.2) is 0 Å². The molecule has 0 bridgehead atoms. The van der Waals surface area contributed by atoms with E-state index in [1.54, 1.807) is 11.3 Å². The van der Waals surface area contributed by atoms with Gasteiger partial charge in [0.1, 0.15) is 0 Å². The Labute approximate surface area is 116 Å². The first-order valence-electron chi connectivity index (χ1n) is 5.91. The molecule has 0 aliphatic heterocycles. The largest absolute Gasteiger partial charge is 0.347 e. The quantitative estimate of drug-likeness (QED) is 0.818. The lowest BCUT2D eigenvalue weighted by Crippen LogP contribution is -2.38. The third-order valence-electron chi connectivity index (χ3n) is 2.65. The smallest absolute Gasteiger partial charge is 0.234 e. The summed E-state index contributed by atoms with van der Waals surface area (Å²) in [5.74, 6) is 0.766. The molecule has 0 aromatic carbocycles. The SMILES string of the molecule is CC(C)C(Br)C(=O)NC(c1cccs1)C(C)C. The fraction of sp³-hybridized carbons (Fsp3) is 0.615. The molecule has 0 aliphatic rings. The first-order chi connectivity index (χ1) is 7.93. The highest BCUT2D eigenvalue weighted by Gasteiger charge is 2.24. The molecule has 4 heteroatoms. The van der Waals surface area contributed by atoms with E-state index in [0.717, 1.165) is 0 Å². The molecule has 0 aliphatic carbocycles. The van der Waals surface area contributed by atoms with Crippen LogP contribution in [0.25, 0.3) is 0 Å². The number of nitrogens with one attached hydrogen (secondary N) is 1. The van der Waals surface area contributed by atoms with Gasteiger partial charge in [0.05, 0.1) is 10.9 Å². The Morgan fingerprint density at radius 2 is 1.94 bits per heavy atom. The average Bonchev–Trinajstić information content (AvgIpc) is 2.76. The number of halogens is 1. The molecule has 2 unspecified atom stereocenters. The number of amides is 1. The maximum Gasteiger partial charge on any atom is 0.234 e. The van der Waals surface area contributed by atoms with Gasteiger partial charge < -0.3 is 5.32 Å². The van der Waals surface area contributed by atoms with E-state index in [0.29, 0.717) is 11.8 Å². The molecular formula is C13H20BrNOS. The minimum Gasteiger partial charge on any atom is -0.347 e. The van der Waals surface area contributed by atoms with Gasteiger partial charge in [0.2, 0.25) is 5.91 Å². The predicted octanol–water partition coefficient (Wildman–Crippen LogP) is 3.98. The molecule has 0 fully saturated rings. The highest BCUT2D eigenvalue weighted by atomic mass is 79.9. The predicted molar refractivity (Wildman–Crippen MR) is 77.6 cm³/mol. The summed E-state index contributed by atoms with van der Waals surface area (Å²) in [6, 6.07) is 4.21. The highest BCUT2D eigenvalue weighted by molar-refractivity contribution is 9.10. The molecule has 1 aromatic heterocycles. The van der Waals surface area contributed by atoms with E-state index in [4.69, 9.17) is 0 Å². The zero-order valence-corrected chi connectivity index (χ0v) is 13.1. The third kappa shape index (κ3) is 4.11. The maximum absolute atomic E-state index is 12.0. The minimum absolute atomic E-state index is 0.0760. The molecule has 2 nitrogen and oxygen atoms in total. The maximum atomic E-state index is 12.0. The van der Waals surface area contributed by atoms with Gasteiger partial charge >= 0.3 is 0 Å². The number of rotatable bonds is 5. The topological polar surface area (TPSA) is 29.1 Å². The molecule has 17 heavy (non-hydrogen) atoms. The zero-order chi connectivity index (χ0) is 13.0. The van der Waals surface area contributed by atoms with Crippen molar-refractivity contribution in [3.63, 3.8) is 0 Å². The summed E-state index contributed by atoms with van der Waals surface area (Å²) in [6.45, 7) is 8.33. The third-order valence-corrected chi connectivity index (χ3v) is 5.08. The van der Waals surface area contributed by atoms with Crippen LogP contribution in [0, 0.1) is 11.8 Å². The first-order valence-corrected chi connectivity index (χ1v) is 7.70. The number of carbonyl (C=O) groups is 1. The highest BCUT2D eigenvalue weighted by Crippen LogP contribution is 2.26. The number of thiophene rings is 1. The van der Waals surface area contributed by atoms with Crippen molar-refractivity contribution in [3.05, 3.63) is 22.4 Å². The van der Waals surface area contributed by atoms with Gasteiger partial charge in [0.25, 0.3) is 0 Å². The van der Waals surface area contributed by atoms with Crippen molar-refractivity contribution in [1.29, 1.82) is 0 Å². The first kappa shape index (κ1) is 14.7. The van der Waals surface area contributed by atoms with E-state index in [1.807, 2.05) is 25.3 Å². The molecule has 2 atom stereocenters. The Balaban J connectivity index is 2.72. The van der Waals surface area contributed by atoms with Crippen molar-refractivity contribution < 1.29 is 4.79 Å². The summed E-state index contributed by atoms with van der Waals surface area (Å²) in [5.41, 5.74) is 0. The van der Waals surface area contributed by atoms with Gasteiger partial charge in [-0.2, -0.15) is 0 Å². The van der Waals surface area contributed by atoms with Crippen LogP contribution in [0.2, 0.25) is 0 Å². The van der Waals surface area contributed by atoms with Crippen LogP contribution in [-0.2, 0) is 4.79 Å². The van der Waals surface area contributed by atoms with Crippen molar-refractivity contribution >= 4 is 33.2 Å². The van der Waals surface area contributed by atoms with Gasteiger partial charge in [0, 0.05) is 4.88 Å². The Hall–Kier alpha value is -0.350. The second-order valence-corrected chi connectivity index (χ2v) is 6.86. The Morgan fingerprint density at radius 1 is 1.29 bits per heavy atom. The van der Waals surface area contributed by atoms with Crippen LogP contribution >= 0.6 is 27.3 Å². The lowest BCUT2D eigenvalue weighted by Gasteiger charge is -2.24. The molecule has 1 aromatic rings. The number of hydrogen-bond donors (Lipinski definition) is 1. The van der Waals surface area contributed by atoms with Crippen LogP contribution < -0.4 is 5.32 Å². The van der Waals surface area contributed by atoms with Gasteiger partial charge in [-0.05, 0) is 23.3 Å². The lowest BCUT2D eigenvalue weighted by atomic mass is 10.0. The Bertz CT molecular complexity index is 348. The average molecular weight is 318 g/mol. The molecule has 0 radical (unpaired) electrons. The minimum atomic E-state index is -0.122. The van der Waals surface area contributed by atoms with Crippen LogP contribution in [-0.4, -0.2) is 10.7 Å². The summed E-state index contributed by atoms with van der Waals surface area (Å²) < 4.78 is 0. The van der Waals surface area contributed by atoms with Gasteiger partial charge in [-0.3, -0.25) is 4.79 Å². The number of hydrogen-bond acceptors (Lipinski definition) is 2.